The van der Waals surface area contributed by atoms with E-state index in [2.05, 4.69) is 5.32 Å². The van der Waals surface area contributed by atoms with Gasteiger partial charge in [0.1, 0.15) is 5.82 Å². The van der Waals surface area contributed by atoms with E-state index in [0.29, 0.717) is 12.3 Å². The van der Waals surface area contributed by atoms with Gasteiger partial charge in [-0.15, -0.1) is 0 Å². The zero-order valence-corrected chi connectivity index (χ0v) is 11.7. The Labute approximate surface area is 112 Å². The summed E-state index contributed by atoms with van der Waals surface area (Å²) in [4.78, 5) is 0. The van der Waals surface area contributed by atoms with E-state index in [1.54, 1.807) is 17.8 Å². The van der Waals surface area contributed by atoms with Gasteiger partial charge < -0.3 is 10.4 Å². The lowest BCUT2D eigenvalue weighted by Gasteiger charge is -2.25. The lowest BCUT2D eigenvalue weighted by Crippen LogP contribution is -2.41. The predicted molar refractivity (Wildman–Crippen MR) is 74.5 cm³/mol. The summed E-state index contributed by atoms with van der Waals surface area (Å²) in [6.45, 7) is 2.37. The third-order valence-corrected chi connectivity index (χ3v) is 4.28. The van der Waals surface area contributed by atoms with Gasteiger partial charge in [0.15, 0.2) is 0 Å². The molecule has 0 bridgehead atoms. The van der Waals surface area contributed by atoms with Crippen molar-refractivity contribution in [1.82, 2.24) is 5.32 Å². The maximum atomic E-state index is 13.2. The lowest BCUT2D eigenvalue weighted by molar-refractivity contribution is 0.0814. The molecule has 0 spiro atoms. The average Bonchev–Trinajstić information content (AvgIpc) is 2.69. The quantitative estimate of drug-likeness (QED) is 0.861. The molecule has 2 rings (SSSR count). The maximum absolute atomic E-state index is 13.2. The maximum Gasteiger partial charge on any atom is 0.123 e. The van der Waals surface area contributed by atoms with Gasteiger partial charge in [0, 0.05) is 18.3 Å². The van der Waals surface area contributed by atoms with Crippen LogP contribution in [0.1, 0.15) is 30.5 Å². The zero-order chi connectivity index (χ0) is 13.2. The SMILES string of the molecule is CSC[C@](C)(O)CN[C@H]1CCc2ccc(F)cc21. The summed E-state index contributed by atoms with van der Waals surface area (Å²) in [7, 11) is 0. The Morgan fingerprint density at radius 1 is 1.56 bits per heavy atom. The number of aryl methyl sites for hydroxylation is 1. The van der Waals surface area contributed by atoms with Crippen LogP contribution in [0.5, 0.6) is 0 Å². The van der Waals surface area contributed by atoms with Gasteiger partial charge in [-0.25, -0.2) is 4.39 Å². The summed E-state index contributed by atoms with van der Waals surface area (Å²) < 4.78 is 13.2. The highest BCUT2D eigenvalue weighted by Crippen LogP contribution is 2.31. The second kappa shape index (κ2) is 5.59. The number of hydrogen-bond donors (Lipinski definition) is 2. The minimum absolute atomic E-state index is 0.170. The molecule has 0 unspecified atom stereocenters. The molecule has 1 aromatic rings. The van der Waals surface area contributed by atoms with E-state index in [1.807, 2.05) is 19.2 Å². The van der Waals surface area contributed by atoms with Gasteiger partial charge in [0.2, 0.25) is 0 Å². The van der Waals surface area contributed by atoms with Crippen molar-refractivity contribution in [2.75, 3.05) is 18.6 Å². The Kier molecular flexibility index (Phi) is 4.30. The van der Waals surface area contributed by atoms with Crippen LogP contribution in [0, 0.1) is 5.82 Å². The van der Waals surface area contributed by atoms with E-state index in [4.69, 9.17) is 0 Å². The Bertz CT molecular complexity index is 422. The van der Waals surface area contributed by atoms with Crippen LogP contribution in [0.4, 0.5) is 4.39 Å². The molecule has 2 N–H and O–H groups in total. The van der Waals surface area contributed by atoms with Crippen molar-refractivity contribution in [2.45, 2.75) is 31.4 Å². The van der Waals surface area contributed by atoms with Crippen molar-refractivity contribution in [3.63, 3.8) is 0 Å². The van der Waals surface area contributed by atoms with Crippen molar-refractivity contribution in [2.24, 2.45) is 0 Å². The fraction of sp³-hybridized carbons (Fsp3) is 0.571. The number of hydrogen-bond acceptors (Lipinski definition) is 3. The fourth-order valence-corrected chi connectivity index (χ4v) is 3.21. The zero-order valence-electron chi connectivity index (χ0n) is 10.9. The normalized spacial score (nSPS) is 21.7. The Hall–Kier alpha value is -0.580. The summed E-state index contributed by atoms with van der Waals surface area (Å²) in [5.41, 5.74) is 1.56. The molecule has 0 fully saturated rings. The molecular formula is C14H20FNOS. The molecule has 0 aromatic heterocycles. The Morgan fingerprint density at radius 2 is 2.33 bits per heavy atom. The molecule has 100 valence electrons. The predicted octanol–water partition coefficient (Wildman–Crippen LogP) is 2.52. The molecule has 0 radical (unpaired) electrons. The van der Waals surface area contributed by atoms with E-state index >= 15 is 0 Å². The van der Waals surface area contributed by atoms with E-state index in [9.17, 15) is 9.50 Å². The first-order chi connectivity index (χ1) is 8.52. The average molecular weight is 269 g/mol. The summed E-state index contributed by atoms with van der Waals surface area (Å²) >= 11 is 1.63. The number of fused-ring (bicyclic) bond motifs is 1. The van der Waals surface area contributed by atoms with Crippen molar-refractivity contribution < 1.29 is 9.50 Å². The molecule has 1 aromatic carbocycles. The van der Waals surface area contributed by atoms with Crippen LogP contribution in [0.25, 0.3) is 0 Å². The smallest absolute Gasteiger partial charge is 0.123 e. The van der Waals surface area contributed by atoms with Gasteiger partial charge in [0.25, 0.3) is 0 Å². The monoisotopic (exact) mass is 269 g/mol. The first-order valence-corrected chi connectivity index (χ1v) is 7.64. The van der Waals surface area contributed by atoms with E-state index in [0.717, 1.165) is 18.4 Å². The van der Waals surface area contributed by atoms with Crippen LogP contribution in [-0.2, 0) is 6.42 Å². The van der Waals surface area contributed by atoms with Crippen LogP contribution in [0.15, 0.2) is 18.2 Å². The van der Waals surface area contributed by atoms with Crippen LogP contribution < -0.4 is 5.32 Å². The minimum atomic E-state index is -0.713. The van der Waals surface area contributed by atoms with Gasteiger partial charge in [-0.3, -0.25) is 0 Å². The van der Waals surface area contributed by atoms with Crippen LogP contribution in [-0.4, -0.2) is 29.3 Å². The number of thioether (sulfide) groups is 1. The Balaban J connectivity index is 1.99. The first kappa shape index (κ1) is 13.8. The van der Waals surface area contributed by atoms with E-state index in [1.165, 1.54) is 11.6 Å². The molecule has 0 saturated carbocycles. The largest absolute Gasteiger partial charge is 0.388 e. The molecule has 0 amide bonds. The van der Waals surface area contributed by atoms with Gasteiger partial charge in [-0.2, -0.15) is 11.8 Å². The van der Waals surface area contributed by atoms with Crippen molar-refractivity contribution in [3.05, 3.63) is 35.1 Å². The highest BCUT2D eigenvalue weighted by atomic mass is 32.2. The second-order valence-corrected chi connectivity index (χ2v) is 6.11. The molecule has 1 aliphatic carbocycles. The third kappa shape index (κ3) is 3.25. The van der Waals surface area contributed by atoms with Crippen LogP contribution in [0.3, 0.4) is 0 Å². The highest BCUT2D eigenvalue weighted by molar-refractivity contribution is 7.98. The van der Waals surface area contributed by atoms with Gasteiger partial charge in [-0.1, -0.05) is 6.07 Å². The molecule has 1 aliphatic rings. The number of halogens is 1. The fourth-order valence-electron chi connectivity index (χ4n) is 2.49. The summed E-state index contributed by atoms with van der Waals surface area (Å²) in [5, 5.41) is 13.5. The first-order valence-electron chi connectivity index (χ1n) is 6.25. The molecule has 0 heterocycles. The van der Waals surface area contributed by atoms with Gasteiger partial charge in [0.05, 0.1) is 5.60 Å². The lowest BCUT2D eigenvalue weighted by atomic mass is 10.1. The van der Waals surface area contributed by atoms with Crippen LogP contribution >= 0.6 is 11.8 Å². The van der Waals surface area contributed by atoms with Crippen molar-refractivity contribution in [1.29, 1.82) is 0 Å². The highest BCUT2D eigenvalue weighted by Gasteiger charge is 2.26. The standard InChI is InChI=1S/C14H20FNOS/c1-14(17,9-18-2)8-16-13-6-4-10-3-5-11(15)7-12(10)13/h3,5,7,13,16-17H,4,6,8-9H2,1-2H3/t13-,14+/m0/s1. The van der Waals surface area contributed by atoms with Crippen molar-refractivity contribution >= 4 is 11.8 Å². The number of nitrogens with one attached hydrogen (secondary N) is 1. The van der Waals surface area contributed by atoms with E-state index in [-0.39, 0.29) is 11.9 Å². The van der Waals surface area contributed by atoms with E-state index < -0.39 is 5.60 Å². The molecule has 2 atom stereocenters. The van der Waals surface area contributed by atoms with Gasteiger partial charge >= 0.3 is 0 Å². The number of rotatable bonds is 5. The molecule has 0 aliphatic heterocycles. The van der Waals surface area contributed by atoms with Crippen molar-refractivity contribution in [3.8, 4) is 0 Å². The number of benzene rings is 1. The molecule has 18 heavy (non-hydrogen) atoms. The Morgan fingerprint density at radius 3 is 3.06 bits per heavy atom. The molecule has 4 heteroatoms. The molecule has 2 nitrogen and oxygen atoms in total. The summed E-state index contributed by atoms with van der Waals surface area (Å²) in [5.74, 6) is 0.515. The topological polar surface area (TPSA) is 32.3 Å². The molecule has 0 saturated heterocycles. The summed E-state index contributed by atoms with van der Waals surface area (Å²) in [6, 6.07) is 5.17. The van der Waals surface area contributed by atoms with Gasteiger partial charge in [-0.05, 0) is 49.3 Å². The number of aliphatic hydroxyl groups is 1. The molecular weight excluding hydrogens is 249 g/mol. The summed E-state index contributed by atoms with van der Waals surface area (Å²) in [6.07, 6.45) is 3.95. The third-order valence-electron chi connectivity index (χ3n) is 3.37. The minimum Gasteiger partial charge on any atom is -0.388 e. The second-order valence-electron chi connectivity index (χ2n) is 5.25. The van der Waals surface area contributed by atoms with Crippen LogP contribution in [0.2, 0.25) is 0 Å².